The van der Waals surface area contributed by atoms with Crippen molar-refractivity contribution in [1.29, 1.82) is 0 Å². The molecule has 0 radical (unpaired) electrons. The Morgan fingerprint density at radius 3 is 1.95 bits per heavy atom. The molecular weight excluding hydrogens is 476 g/mol. The van der Waals surface area contributed by atoms with Crippen LogP contribution in [-0.4, -0.2) is 49.1 Å². The van der Waals surface area contributed by atoms with Crippen molar-refractivity contribution in [2.75, 3.05) is 13.2 Å². The van der Waals surface area contributed by atoms with E-state index in [0.717, 1.165) is 12.1 Å². The lowest BCUT2D eigenvalue weighted by molar-refractivity contribution is 0.0182. The third-order valence-electron chi connectivity index (χ3n) is 7.06. The minimum absolute atomic E-state index is 0.108. The summed E-state index contributed by atoms with van der Waals surface area (Å²) in [6.07, 6.45) is 2.32. The van der Waals surface area contributed by atoms with E-state index in [1.807, 2.05) is 50.1 Å². The summed E-state index contributed by atoms with van der Waals surface area (Å²) in [7, 11) is -2.72. The molecule has 0 N–H and O–H groups in total. The smallest absolute Gasteiger partial charge is 0.410 e. The van der Waals surface area contributed by atoms with Gasteiger partial charge in [0.15, 0.2) is 0 Å². The zero-order valence-electron chi connectivity index (χ0n) is 23.0. The largest absolute Gasteiger partial charge is 0.444 e. The fraction of sp³-hybridized carbons (Fsp3) is 0.419. The van der Waals surface area contributed by atoms with Gasteiger partial charge in [-0.25, -0.2) is 4.79 Å². The Hall–Kier alpha value is -2.96. The Balaban J connectivity index is 1.70. The number of likely N-dealkylation sites (tertiary alicyclic amines) is 1. The minimum Gasteiger partial charge on any atom is -0.444 e. The Kier molecular flexibility index (Phi) is 7.90. The van der Waals surface area contributed by atoms with Crippen molar-refractivity contribution in [2.45, 2.75) is 70.6 Å². The van der Waals surface area contributed by atoms with E-state index < -0.39 is 13.9 Å². The molecule has 2 heterocycles. The van der Waals surface area contributed by atoms with Crippen LogP contribution in [0, 0.1) is 0 Å². The highest BCUT2D eigenvalue weighted by Crippen LogP contribution is 2.38. The summed E-state index contributed by atoms with van der Waals surface area (Å²) in [5, 5.41) is 2.33. The number of benzene rings is 2. The molecule has 37 heavy (non-hydrogen) atoms. The molecule has 1 aliphatic heterocycles. The first-order chi connectivity index (χ1) is 17.5. The molecule has 6 heteroatoms. The molecule has 1 amide bonds. The number of hydrogen-bond acceptors (Lipinski definition) is 4. The number of carbonyl (C=O) groups excluding carboxylic acids is 1. The zero-order valence-corrected chi connectivity index (χ0v) is 24.0. The first kappa shape index (κ1) is 27.1. The van der Waals surface area contributed by atoms with Crippen molar-refractivity contribution in [3.05, 3.63) is 90.8 Å². The van der Waals surface area contributed by atoms with E-state index in [9.17, 15) is 4.79 Å². The first-order valence-electron chi connectivity index (χ1n) is 13.2. The van der Waals surface area contributed by atoms with Crippen LogP contribution < -0.4 is 10.4 Å². The summed E-state index contributed by atoms with van der Waals surface area (Å²) in [6.45, 7) is 13.6. The van der Waals surface area contributed by atoms with E-state index in [-0.39, 0.29) is 23.1 Å². The molecule has 5 nitrogen and oxygen atoms in total. The van der Waals surface area contributed by atoms with Crippen LogP contribution in [-0.2, 0) is 9.16 Å². The van der Waals surface area contributed by atoms with Crippen LogP contribution in [0.5, 0.6) is 0 Å². The third-order valence-corrected chi connectivity index (χ3v) is 12.1. The van der Waals surface area contributed by atoms with Crippen LogP contribution in [0.1, 0.15) is 59.6 Å². The number of aromatic nitrogens is 1. The molecule has 0 aliphatic carbocycles. The second kappa shape index (κ2) is 10.8. The average molecular weight is 517 g/mol. The number of rotatable bonds is 6. The monoisotopic (exact) mass is 516 g/mol. The molecule has 0 spiro atoms. The molecule has 4 rings (SSSR count). The maximum Gasteiger partial charge on any atom is 0.410 e. The highest BCUT2D eigenvalue weighted by atomic mass is 28.4. The van der Waals surface area contributed by atoms with Gasteiger partial charge in [0.25, 0.3) is 8.32 Å². The van der Waals surface area contributed by atoms with Crippen LogP contribution >= 0.6 is 0 Å². The van der Waals surface area contributed by atoms with Crippen LogP contribution in [0.3, 0.4) is 0 Å². The van der Waals surface area contributed by atoms with Gasteiger partial charge in [0.05, 0.1) is 12.6 Å². The van der Waals surface area contributed by atoms with Gasteiger partial charge in [-0.15, -0.1) is 0 Å². The second-order valence-corrected chi connectivity index (χ2v) is 16.3. The Bertz CT molecular complexity index is 1120. The molecule has 2 aromatic carbocycles. The van der Waals surface area contributed by atoms with E-state index in [0.29, 0.717) is 13.2 Å². The van der Waals surface area contributed by atoms with E-state index in [1.165, 1.54) is 10.4 Å². The lowest BCUT2D eigenvalue weighted by Crippen LogP contribution is -2.67. The number of hydrogen-bond donors (Lipinski definition) is 0. The number of carbonyl (C=O) groups is 1. The summed E-state index contributed by atoms with van der Waals surface area (Å²) < 4.78 is 13.0. The lowest BCUT2D eigenvalue weighted by atomic mass is 10.0. The minimum atomic E-state index is -2.72. The fourth-order valence-electron chi connectivity index (χ4n) is 5.43. The maximum atomic E-state index is 13.3. The molecule has 1 fully saturated rings. The lowest BCUT2D eigenvalue weighted by Gasteiger charge is -2.44. The van der Waals surface area contributed by atoms with E-state index >= 15 is 0 Å². The molecule has 0 saturated carbocycles. The van der Waals surface area contributed by atoms with Gasteiger partial charge in [-0.05, 0) is 54.7 Å². The summed E-state index contributed by atoms with van der Waals surface area (Å²) in [4.78, 5) is 19.8. The van der Waals surface area contributed by atoms with Crippen molar-refractivity contribution in [2.24, 2.45) is 0 Å². The van der Waals surface area contributed by atoms with Gasteiger partial charge in [-0.2, -0.15) is 0 Å². The second-order valence-electron chi connectivity index (χ2n) is 11.9. The number of amides is 1. The molecular formula is C31H40N2O3Si. The molecule has 0 bridgehead atoms. The van der Waals surface area contributed by atoms with E-state index in [2.05, 4.69) is 86.4 Å². The Morgan fingerprint density at radius 1 is 0.892 bits per heavy atom. The van der Waals surface area contributed by atoms with Gasteiger partial charge in [0, 0.05) is 24.4 Å². The van der Waals surface area contributed by atoms with E-state index in [1.54, 1.807) is 0 Å². The molecule has 1 saturated heterocycles. The highest BCUT2D eigenvalue weighted by Gasteiger charge is 2.51. The molecule has 2 atom stereocenters. The zero-order chi connectivity index (χ0) is 26.7. The Labute approximate surface area is 223 Å². The van der Waals surface area contributed by atoms with Crippen molar-refractivity contribution in [3.8, 4) is 0 Å². The summed E-state index contributed by atoms with van der Waals surface area (Å²) >= 11 is 0. The van der Waals surface area contributed by atoms with Crippen LogP contribution in [0.2, 0.25) is 5.04 Å². The molecule has 0 unspecified atom stereocenters. The summed E-state index contributed by atoms with van der Waals surface area (Å²) in [5.41, 5.74) is 0.438. The van der Waals surface area contributed by atoms with Crippen molar-refractivity contribution >= 4 is 24.8 Å². The highest BCUT2D eigenvalue weighted by molar-refractivity contribution is 6.99. The predicted octanol–water partition coefficient (Wildman–Crippen LogP) is 5.75. The van der Waals surface area contributed by atoms with Gasteiger partial charge in [0.1, 0.15) is 5.60 Å². The molecule has 196 valence electrons. The van der Waals surface area contributed by atoms with Crippen molar-refractivity contribution < 1.29 is 14.0 Å². The van der Waals surface area contributed by atoms with Gasteiger partial charge in [-0.3, -0.25) is 4.98 Å². The topological polar surface area (TPSA) is 51.7 Å². The number of nitrogens with zero attached hydrogens (tertiary/aromatic N) is 2. The van der Waals surface area contributed by atoms with Crippen molar-refractivity contribution in [1.82, 2.24) is 9.88 Å². The summed E-state index contributed by atoms with van der Waals surface area (Å²) in [6, 6.07) is 27.1. The van der Waals surface area contributed by atoms with Gasteiger partial charge >= 0.3 is 6.09 Å². The first-order valence-corrected chi connectivity index (χ1v) is 15.1. The third kappa shape index (κ3) is 5.97. The quantitative estimate of drug-likeness (QED) is 0.392. The molecule has 1 aliphatic rings. The average Bonchev–Trinajstić information content (AvgIpc) is 3.29. The summed E-state index contributed by atoms with van der Waals surface area (Å²) in [5.74, 6) is 0.140. The fourth-order valence-corrected chi connectivity index (χ4v) is 10.0. The standard InChI is InChI=1S/C31H40N2O3Si/c1-30(2,3)36-29(34)33-22-24(28-19-13-14-20-32-28)21-25(33)23-35-37(31(4,5)6,26-15-9-7-10-16-26)27-17-11-8-12-18-27/h7-20,24-25H,21-23H2,1-6H3/t24-,25+/m0/s1. The van der Waals surface area contributed by atoms with Crippen molar-refractivity contribution in [3.63, 3.8) is 0 Å². The predicted molar refractivity (Wildman–Crippen MR) is 152 cm³/mol. The van der Waals surface area contributed by atoms with Gasteiger partial charge < -0.3 is 14.1 Å². The van der Waals surface area contributed by atoms with E-state index in [4.69, 9.17) is 9.16 Å². The molecule has 3 aromatic rings. The SMILES string of the molecule is CC(C)(C)OC(=O)N1C[C@@H](c2ccccn2)C[C@@H]1CO[Si](c1ccccc1)(c1ccccc1)C(C)(C)C. The van der Waals surface area contributed by atoms with Gasteiger partial charge in [-0.1, -0.05) is 87.5 Å². The molecule has 1 aromatic heterocycles. The van der Waals surface area contributed by atoms with Crippen LogP contribution in [0.4, 0.5) is 4.79 Å². The Morgan fingerprint density at radius 2 is 1.46 bits per heavy atom. The number of ether oxygens (including phenoxy) is 1. The maximum absolute atomic E-state index is 13.3. The number of pyridine rings is 1. The normalized spacial score (nSPS) is 18.6. The van der Waals surface area contributed by atoms with Gasteiger partial charge in [0.2, 0.25) is 0 Å². The van der Waals surface area contributed by atoms with Crippen LogP contribution in [0.15, 0.2) is 85.1 Å². The van der Waals surface area contributed by atoms with Crippen LogP contribution in [0.25, 0.3) is 0 Å².